The maximum absolute atomic E-state index is 13.9. The van der Waals surface area contributed by atoms with Crippen molar-refractivity contribution in [3.8, 4) is 0 Å². The van der Waals surface area contributed by atoms with Gasteiger partial charge in [0.25, 0.3) is 5.91 Å². The molecule has 2 amide bonds. The predicted molar refractivity (Wildman–Crippen MR) is 97.9 cm³/mol. The molecule has 1 aliphatic heterocycles. The summed E-state index contributed by atoms with van der Waals surface area (Å²) in [7, 11) is 0. The van der Waals surface area contributed by atoms with Crippen LogP contribution in [0.25, 0.3) is 0 Å². The Morgan fingerprint density at radius 1 is 1.31 bits per heavy atom. The van der Waals surface area contributed by atoms with Crippen molar-refractivity contribution in [3.63, 3.8) is 0 Å². The van der Waals surface area contributed by atoms with Gasteiger partial charge in [-0.05, 0) is 43.0 Å². The van der Waals surface area contributed by atoms with Crippen LogP contribution in [0, 0.1) is 11.7 Å². The van der Waals surface area contributed by atoms with Crippen molar-refractivity contribution in [1.29, 1.82) is 0 Å². The summed E-state index contributed by atoms with van der Waals surface area (Å²) in [6.45, 7) is 0.894. The number of amides is 2. The molecule has 8 heteroatoms. The summed E-state index contributed by atoms with van der Waals surface area (Å²) >= 11 is 1.39. The number of thioether (sulfide) groups is 1. The van der Waals surface area contributed by atoms with E-state index in [0.717, 1.165) is 6.07 Å². The molecule has 2 N–H and O–H groups in total. The molecule has 26 heavy (non-hydrogen) atoms. The summed E-state index contributed by atoms with van der Waals surface area (Å²) in [6.07, 6.45) is 4.11. The van der Waals surface area contributed by atoms with Crippen LogP contribution in [0.2, 0.25) is 0 Å². The molecule has 1 saturated heterocycles. The molecular weight excluding hydrogens is 357 g/mol. The van der Waals surface area contributed by atoms with Gasteiger partial charge in [-0.2, -0.15) is 0 Å². The van der Waals surface area contributed by atoms with E-state index in [9.17, 15) is 14.0 Å². The number of benzene rings is 1. The molecular formula is C18H18FN3O3S. The molecule has 6 nitrogen and oxygen atoms in total. The number of aromatic nitrogens is 1. The van der Waals surface area contributed by atoms with Crippen LogP contribution in [0.4, 0.5) is 15.8 Å². The lowest BCUT2D eigenvalue weighted by Crippen LogP contribution is -2.23. The number of anilines is 2. The molecule has 0 spiro atoms. The molecule has 3 rings (SSSR count). The summed E-state index contributed by atoms with van der Waals surface area (Å²) in [4.78, 5) is 28.8. The molecule has 2 heterocycles. The molecule has 0 aliphatic carbocycles. The number of ether oxygens (including phenoxy) is 1. The van der Waals surface area contributed by atoms with Crippen molar-refractivity contribution < 1.29 is 18.7 Å². The second-order valence-corrected chi connectivity index (χ2v) is 6.59. The third-order valence-corrected chi connectivity index (χ3v) is 4.65. The fourth-order valence-corrected chi connectivity index (χ4v) is 3.13. The fourth-order valence-electron chi connectivity index (χ4n) is 2.62. The summed E-state index contributed by atoms with van der Waals surface area (Å²) in [5.41, 5.74) is 0.894. The zero-order valence-electron chi connectivity index (χ0n) is 14.1. The monoisotopic (exact) mass is 375 g/mol. The highest BCUT2D eigenvalue weighted by Crippen LogP contribution is 2.23. The second kappa shape index (κ2) is 8.29. The minimum absolute atomic E-state index is 0.110. The van der Waals surface area contributed by atoms with E-state index in [1.807, 2.05) is 6.26 Å². The first-order chi connectivity index (χ1) is 12.6. The first-order valence-electron chi connectivity index (χ1n) is 8.06. The van der Waals surface area contributed by atoms with Gasteiger partial charge in [0.05, 0.1) is 18.2 Å². The molecule has 1 unspecified atom stereocenters. The zero-order valence-corrected chi connectivity index (χ0v) is 14.9. The van der Waals surface area contributed by atoms with E-state index >= 15 is 0 Å². The van der Waals surface area contributed by atoms with Gasteiger partial charge in [-0.1, -0.05) is 0 Å². The Hall–Kier alpha value is -2.45. The number of hydrogen-bond donors (Lipinski definition) is 2. The maximum Gasteiger partial charge on any atom is 0.255 e. The topological polar surface area (TPSA) is 80.3 Å². The zero-order chi connectivity index (χ0) is 18.5. The van der Waals surface area contributed by atoms with Crippen LogP contribution in [-0.4, -0.2) is 36.3 Å². The predicted octanol–water partition coefficient (Wildman–Crippen LogP) is 3.17. The summed E-state index contributed by atoms with van der Waals surface area (Å²) in [5, 5.41) is 6.03. The molecule has 1 atom stereocenters. The summed E-state index contributed by atoms with van der Waals surface area (Å²) in [5.74, 6) is -1.58. The van der Waals surface area contributed by atoms with Crippen LogP contribution in [0.1, 0.15) is 16.8 Å². The molecule has 1 aromatic heterocycles. The largest absolute Gasteiger partial charge is 0.381 e. The second-order valence-electron chi connectivity index (χ2n) is 5.79. The number of nitrogens with zero attached hydrogens (tertiary/aromatic N) is 1. The van der Waals surface area contributed by atoms with Crippen molar-refractivity contribution in [2.45, 2.75) is 11.4 Å². The van der Waals surface area contributed by atoms with E-state index in [1.54, 1.807) is 18.3 Å². The standard InChI is InChI=1S/C18H18FN3O3S/c1-26-18-15(3-2-5-20-18)22-17(24)12-7-13(19)9-14(8-12)21-16(23)11-4-6-25-10-11/h2-3,5,7-9,11H,4,6,10H2,1H3,(H,21,23)(H,22,24). The highest BCUT2D eigenvalue weighted by Gasteiger charge is 2.24. The van der Waals surface area contributed by atoms with Gasteiger partial charge in [0, 0.05) is 24.1 Å². The van der Waals surface area contributed by atoms with Crippen molar-refractivity contribution in [2.75, 3.05) is 30.1 Å². The van der Waals surface area contributed by atoms with Gasteiger partial charge < -0.3 is 15.4 Å². The van der Waals surface area contributed by atoms with Gasteiger partial charge in [-0.3, -0.25) is 9.59 Å². The molecule has 0 radical (unpaired) electrons. The Labute approximate surface area is 154 Å². The Morgan fingerprint density at radius 3 is 2.88 bits per heavy atom. The van der Waals surface area contributed by atoms with Gasteiger partial charge in [-0.15, -0.1) is 11.8 Å². The van der Waals surface area contributed by atoms with E-state index < -0.39 is 11.7 Å². The molecule has 1 aliphatic rings. The quantitative estimate of drug-likeness (QED) is 0.785. The van der Waals surface area contributed by atoms with Crippen molar-refractivity contribution in [2.24, 2.45) is 5.92 Å². The average molecular weight is 375 g/mol. The van der Waals surface area contributed by atoms with Crippen molar-refractivity contribution in [1.82, 2.24) is 4.98 Å². The SMILES string of the molecule is CSc1ncccc1NC(=O)c1cc(F)cc(NC(=O)C2CCOC2)c1. The van der Waals surface area contributed by atoms with Crippen molar-refractivity contribution >= 4 is 35.0 Å². The molecule has 0 bridgehead atoms. The van der Waals surface area contributed by atoms with E-state index in [2.05, 4.69) is 15.6 Å². The summed E-state index contributed by atoms with van der Waals surface area (Å²) < 4.78 is 19.1. The number of halogens is 1. The lowest BCUT2D eigenvalue weighted by molar-refractivity contribution is -0.119. The van der Waals surface area contributed by atoms with Gasteiger partial charge >= 0.3 is 0 Å². The summed E-state index contributed by atoms with van der Waals surface area (Å²) in [6, 6.07) is 7.18. The Bertz CT molecular complexity index is 825. The molecule has 136 valence electrons. The Kier molecular flexibility index (Phi) is 5.85. The highest BCUT2D eigenvalue weighted by atomic mass is 32.2. The number of carbonyl (C=O) groups excluding carboxylic acids is 2. The molecule has 0 saturated carbocycles. The van der Waals surface area contributed by atoms with Crippen LogP contribution in [-0.2, 0) is 9.53 Å². The number of rotatable bonds is 5. The highest BCUT2D eigenvalue weighted by molar-refractivity contribution is 7.98. The van der Waals surface area contributed by atoms with Crippen LogP contribution in [0.15, 0.2) is 41.6 Å². The fraction of sp³-hybridized carbons (Fsp3) is 0.278. The minimum atomic E-state index is -0.605. The van der Waals surface area contributed by atoms with Crippen LogP contribution >= 0.6 is 11.8 Å². The van der Waals surface area contributed by atoms with Gasteiger partial charge in [-0.25, -0.2) is 9.37 Å². The van der Waals surface area contributed by atoms with E-state index in [-0.39, 0.29) is 23.1 Å². The van der Waals surface area contributed by atoms with E-state index in [4.69, 9.17) is 4.74 Å². The minimum Gasteiger partial charge on any atom is -0.381 e. The van der Waals surface area contributed by atoms with Gasteiger partial charge in [0.2, 0.25) is 5.91 Å². The number of pyridine rings is 1. The molecule has 1 aromatic carbocycles. The van der Waals surface area contributed by atoms with Crippen molar-refractivity contribution in [3.05, 3.63) is 47.9 Å². The first-order valence-corrected chi connectivity index (χ1v) is 9.29. The van der Waals surface area contributed by atoms with Gasteiger partial charge in [0.1, 0.15) is 10.8 Å². The third kappa shape index (κ3) is 4.39. The third-order valence-electron chi connectivity index (χ3n) is 3.94. The maximum atomic E-state index is 13.9. The van der Waals surface area contributed by atoms with Crippen LogP contribution in [0.3, 0.4) is 0 Å². The normalized spacial score (nSPS) is 16.3. The Morgan fingerprint density at radius 2 is 2.15 bits per heavy atom. The molecule has 1 fully saturated rings. The first kappa shape index (κ1) is 18.3. The lowest BCUT2D eigenvalue weighted by atomic mass is 10.1. The lowest BCUT2D eigenvalue weighted by Gasteiger charge is -2.12. The average Bonchev–Trinajstić information content (AvgIpc) is 3.16. The number of carbonyl (C=O) groups is 2. The van der Waals surface area contributed by atoms with Crippen LogP contribution < -0.4 is 10.6 Å². The van der Waals surface area contributed by atoms with E-state index in [1.165, 1.54) is 23.9 Å². The van der Waals surface area contributed by atoms with Gasteiger partial charge in [0.15, 0.2) is 0 Å². The smallest absolute Gasteiger partial charge is 0.255 e. The number of hydrogen-bond acceptors (Lipinski definition) is 5. The number of nitrogens with one attached hydrogen (secondary N) is 2. The van der Waals surface area contributed by atoms with E-state index in [0.29, 0.717) is 30.3 Å². The van der Waals surface area contributed by atoms with Crippen LogP contribution in [0.5, 0.6) is 0 Å². The Balaban J connectivity index is 1.76. The molecule has 2 aromatic rings.